The molecule has 2 bridgehead atoms. The van der Waals surface area contributed by atoms with Gasteiger partial charge in [0.25, 0.3) is 0 Å². The Hall–Kier alpha value is -4.87. The Kier molecular flexibility index (Phi) is 14.7. The van der Waals surface area contributed by atoms with E-state index in [1.807, 2.05) is 0 Å². The van der Waals surface area contributed by atoms with E-state index < -0.39 is 23.3 Å². The average Bonchev–Trinajstić information content (AvgIpc) is 3.96. The lowest BCUT2D eigenvalue weighted by atomic mass is 9.95. The van der Waals surface area contributed by atoms with Crippen LogP contribution < -0.4 is 24.4 Å². The number of carbonyl (C=O) groups excluding carboxylic acids is 1. The zero-order valence-corrected chi connectivity index (χ0v) is 38.5. The van der Waals surface area contributed by atoms with Crippen LogP contribution in [0.4, 0.5) is 19.0 Å². The first-order chi connectivity index (χ1) is 32.2. The summed E-state index contributed by atoms with van der Waals surface area (Å²) >= 11 is 0. The van der Waals surface area contributed by atoms with Crippen LogP contribution in [-0.2, 0) is 9.53 Å². The summed E-state index contributed by atoms with van der Waals surface area (Å²) in [5, 5.41) is 4.72. The summed E-state index contributed by atoms with van der Waals surface area (Å²) in [7, 11) is 0. The van der Waals surface area contributed by atoms with E-state index in [-0.39, 0.29) is 95.9 Å². The second-order valence-corrected chi connectivity index (χ2v) is 19.3. The fourth-order valence-electron chi connectivity index (χ4n) is 11.3. The van der Waals surface area contributed by atoms with Gasteiger partial charge in [-0.1, -0.05) is 102 Å². The minimum absolute atomic E-state index is 0.0252. The van der Waals surface area contributed by atoms with Crippen molar-refractivity contribution < 1.29 is 36.9 Å². The lowest BCUT2D eigenvalue weighted by Gasteiger charge is -2.40. The van der Waals surface area contributed by atoms with Crippen LogP contribution >= 0.6 is 0 Å². The maximum Gasteiger partial charge on any atom is 0.319 e. The highest BCUT2D eigenvalue weighted by Gasteiger charge is 2.50. The number of halogens is 3. The molecule has 11 nitrogen and oxygen atoms in total. The molecule has 7 heterocycles. The Bertz CT molecular complexity index is 2410. The number of esters is 1. The highest BCUT2D eigenvalue weighted by Crippen LogP contribution is 2.46. The number of unbranched alkanes of at least 4 members (excludes halogenated alkanes) is 13. The maximum atomic E-state index is 17.7. The number of alkyl halides is 1. The van der Waals surface area contributed by atoms with E-state index in [0.29, 0.717) is 36.1 Å². The van der Waals surface area contributed by atoms with Crippen molar-refractivity contribution in [2.75, 3.05) is 44.5 Å². The van der Waals surface area contributed by atoms with Crippen molar-refractivity contribution in [3.63, 3.8) is 0 Å². The Morgan fingerprint density at radius 3 is 2.45 bits per heavy atom. The van der Waals surface area contributed by atoms with Crippen molar-refractivity contribution in [1.29, 1.82) is 0 Å². The zero-order valence-electron chi connectivity index (χ0n) is 38.5. The van der Waals surface area contributed by atoms with Crippen LogP contribution in [0.15, 0.2) is 24.3 Å². The van der Waals surface area contributed by atoms with E-state index in [4.69, 9.17) is 40.3 Å². The van der Waals surface area contributed by atoms with Crippen molar-refractivity contribution in [1.82, 2.24) is 25.2 Å². The smallest absolute Gasteiger partial charge is 0.319 e. The maximum absolute atomic E-state index is 17.7. The van der Waals surface area contributed by atoms with E-state index in [9.17, 15) is 9.18 Å². The number of anilines is 1. The fraction of sp³-hybridized carbons (Fsp3) is 0.615. The van der Waals surface area contributed by atoms with Gasteiger partial charge in [-0.15, -0.1) is 6.42 Å². The van der Waals surface area contributed by atoms with Crippen LogP contribution in [0.5, 0.6) is 17.6 Å². The molecule has 354 valence electrons. The Labute approximate surface area is 386 Å². The molecule has 2 aromatic carbocycles. The SMILES string of the molecule is C#Cc1c(F)ccc2cc(OCOC(=O)CCCCCCCCCCCCCCCC)cc(-c3nc4c5c(nc(OC[C@@]67CCCN6C[C@H](F)C7)nc5c3F)N3C[C@H]5CC[C@H](N5)[C@H]3CO4)c12. The number of rotatable bonds is 22. The summed E-state index contributed by atoms with van der Waals surface area (Å²) in [6.45, 7) is 4.07. The van der Waals surface area contributed by atoms with Crippen molar-refractivity contribution >= 4 is 33.5 Å². The molecule has 1 N–H and O–H groups in total. The van der Waals surface area contributed by atoms with Crippen molar-refractivity contribution in [3.05, 3.63) is 41.5 Å². The van der Waals surface area contributed by atoms with Gasteiger partial charge in [0, 0.05) is 49.0 Å². The summed E-state index contributed by atoms with van der Waals surface area (Å²) in [6.07, 6.45) is 26.4. The number of fused-ring (bicyclic) bond motifs is 7. The lowest BCUT2D eigenvalue weighted by Crippen LogP contribution is -2.60. The van der Waals surface area contributed by atoms with Gasteiger partial charge in [0.2, 0.25) is 12.7 Å². The van der Waals surface area contributed by atoms with E-state index >= 15 is 8.78 Å². The number of pyridine rings is 1. The number of benzene rings is 2. The van der Waals surface area contributed by atoms with Gasteiger partial charge >= 0.3 is 12.0 Å². The van der Waals surface area contributed by atoms with E-state index in [1.54, 1.807) is 6.07 Å². The van der Waals surface area contributed by atoms with Crippen LogP contribution in [-0.4, -0.2) is 95.3 Å². The van der Waals surface area contributed by atoms with Gasteiger partial charge in [0.1, 0.15) is 53.4 Å². The normalized spacial score (nSPS) is 23.1. The van der Waals surface area contributed by atoms with Crippen LogP contribution in [0.25, 0.3) is 32.9 Å². The molecule has 0 unspecified atom stereocenters. The molecule has 66 heavy (non-hydrogen) atoms. The molecular weight excluding hydrogens is 846 g/mol. The number of hydrogen-bond donors (Lipinski definition) is 1. The molecule has 0 aliphatic carbocycles. The quantitative estimate of drug-likeness (QED) is 0.0352. The molecule has 14 heteroatoms. The number of nitrogens with one attached hydrogen (secondary N) is 1. The molecule has 4 fully saturated rings. The van der Waals surface area contributed by atoms with E-state index in [0.717, 1.165) is 51.5 Å². The molecular formula is C52H65F3N6O5. The Balaban J connectivity index is 0.925. The molecule has 5 atom stereocenters. The van der Waals surface area contributed by atoms with Crippen molar-refractivity contribution in [2.45, 2.75) is 165 Å². The Morgan fingerprint density at radius 1 is 0.939 bits per heavy atom. The van der Waals surface area contributed by atoms with Crippen LogP contribution in [0.2, 0.25) is 0 Å². The molecule has 2 aromatic heterocycles. The van der Waals surface area contributed by atoms with Gasteiger partial charge in [-0.3, -0.25) is 9.69 Å². The standard InChI is InChI=1S/C52H65F3N6O5/c1-3-5-6-7-8-9-10-11-12-13-14-15-16-17-19-43(62)66-33-65-37-26-34-20-22-40(54)38(4-2)44(34)39(27-37)47-46(55)48-45-49(61-30-36-21-23-41(56-36)42(61)31-63-50(45)57-47)59-51(58-48)64-32-52-24-18-25-60(52)29-35(53)28-52/h2,20,22,26-27,35-36,41-42,56H,3,5-19,21,23-25,28-33H2,1H3/t35-,36-,41+,42-,52+/m1/s1. The largest absolute Gasteiger partial charge is 0.475 e. The molecule has 4 aromatic rings. The number of terminal acetylenes is 1. The second kappa shape index (κ2) is 21.0. The summed E-state index contributed by atoms with van der Waals surface area (Å²) in [4.78, 5) is 31.5. The third-order valence-corrected chi connectivity index (χ3v) is 14.8. The highest BCUT2D eigenvalue weighted by atomic mass is 19.1. The number of ether oxygens (including phenoxy) is 4. The monoisotopic (exact) mass is 910 g/mol. The van der Waals surface area contributed by atoms with Gasteiger partial charge in [0.15, 0.2) is 5.82 Å². The fourth-order valence-corrected chi connectivity index (χ4v) is 11.3. The van der Waals surface area contributed by atoms with Gasteiger partial charge in [0.05, 0.1) is 17.1 Å². The number of nitrogens with zero attached hydrogens (tertiary/aromatic N) is 5. The van der Waals surface area contributed by atoms with Crippen LogP contribution in [0.3, 0.4) is 0 Å². The first-order valence-corrected chi connectivity index (χ1v) is 24.9. The molecule has 0 spiro atoms. The topological polar surface area (TPSA) is 111 Å². The third kappa shape index (κ3) is 9.89. The molecule has 9 rings (SSSR count). The van der Waals surface area contributed by atoms with Gasteiger partial charge in [-0.25, -0.2) is 18.2 Å². The summed E-state index contributed by atoms with van der Waals surface area (Å²) < 4.78 is 72.2. The number of piperazine rings is 1. The first-order valence-electron chi connectivity index (χ1n) is 24.9. The molecule has 4 saturated heterocycles. The van der Waals surface area contributed by atoms with Gasteiger partial charge in [-0.2, -0.15) is 9.97 Å². The molecule has 5 aliphatic heterocycles. The Morgan fingerprint density at radius 2 is 1.70 bits per heavy atom. The number of hydrogen-bond acceptors (Lipinski definition) is 11. The van der Waals surface area contributed by atoms with Crippen molar-refractivity contribution in [3.8, 4) is 41.2 Å². The molecule has 0 amide bonds. The number of aromatic nitrogens is 3. The van der Waals surface area contributed by atoms with E-state index in [2.05, 4.69) is 28.0 Å². The average molecular weight is 911 g/mol. The lowest BCUT2D eigenvalue weighted by molar-refractivity contribution is -0.150. The summed E-state index contributed by atoms with van der Waals surface area (Å²) in [5.74, 6) is 1.45. The van der Waals surface area contributed by atoms with Crippen molar-refractivity contribution in [2.24, 2.45) is 0 Å². The van der Waals surface area contributed by atoms with Gasteiger partial charge < -0.3 is 29.2 Å². The zero-order chi connectivity index (χ0) is 45.6. The molecule has 5 aliphatic rings. The van der Waals surface area contributed by atoms with Gasteiger partial charge in [-0.05, 0) is 62.2 Å². The highest BCUT2D eigenvalue weighted by molar-refractivity contribution is 6.04. The van der Waals surface area contributed by atoms with Crippen LogP contribution in [0, 0.1) is 24.0 Å². The predicted molar refractivity (Wildman–Crippen MR) is 250 cm³/mol. The van der Waals surface area contributed by atoms with E-state index in [1.165, 1.54) is 88.8 Å². The van der Waals surface area contributed by atoms with Crippen LogP contribution in [0.1, 0.15) is 141 Å². The summed E-state index contributed by atoms with van der Waals surface area (Å²) in [5.41, 5.74) is -0.664. The molecule has 0 radical (unpaired) electrons. The second-order valence-electron chi connectivity index (χ2n) is 19.3. The minimum atomic E-state index is -0.947. The summed E-state index contributed by atoms with van der Waals surface area (Å²) in [6, 6.07) is 6.16. The third-order valence-electron chi connectivity index (χ3n) is 14.8. The molecule has 0 saturated carbocycles. The first kappa shape index (κ1) is 46.2. The minimum Gasteiger partial charge on any atom is -0.475 e. The predicted octanol–water partition coefficient (Wildman–Crippen LogP) is 10.5. The number of carbonyl (C=O) groups is 1.